The maximum absolute atomic E-state index is 12.9. The van der Waals surface area contributed by atoms with Crippen LogP contribution in [0.25, 0.3) is 0 Å². The molecule has 0 unspecified atom stereocenters. The molecule has 35 nitrogen and oxygen atoms in total. The molecule has 5 heterocycles. The van der Waals surface area contributed by atoms with E-state index >= 15 is 0 Å². The number of ketones is 1. The van der Waals surface area contributed by atoms with Crippen LogP contribution in [0.4, 0.5) is 84.0 Å². The topological polar surface area (TPSA) is 446 Å². The number of nitrogen functional groups attached to an aromatic ring is 3. The molecule has 5 aliphatic heterocycles. The molecule has 5 aromatic carbocycles. The third-order valence-electron chi connectivity index (χ3n) is 15.2. The standard InChI is InChI=1S/C15H20N3O4.C12H15N3O5.C12H17N3O3.C11H15N3O4.C7H7FN2O3.C5H10O.C4H7O.2Y/c1-3-15(20)17-11-8-12(16-10-19)14(21-2)9-13(11)18-4-6-22-7-5-18;1-19-12-7-10(14-2-4-20-5-3-14)11(15(17)18)6-9(12)13-8-16;1-17-12-7-11(15-2-4-18-5-3-15)9(13)6-10(12)14-8-16;1-17-11-7-9(13-2-4-18-5-3-13)10(14(15)16)6-8(11)12;1-13-7-2-4(8)6(10(11)12)3-5(7)9;1-2-4-6-5-3-1;1-3-4(2)5;;/h8-10H,1,3-7H2,2H3,(H,16,19)(H,17,20);6-8H,2-5H2,1H3,(H,13,16);6-8H,2-5,13H2,1H3,(H,14,16);6-7H,2-5,12H2,1H3;2-3H,9H2,1H3;1-5H2;1,3H2,2H3;;/q-1;;;;;;-1;;. The number of anilines is 11. The van der Waals surface area contributed by atoms with Gasteiger partial charge in [-0.2, -0.15) is 4.39 Å². The fraction of sp³-hybridized carbons (Fsp3) is 0.439. The van der Waals surface area contributed by atoms with Crippen LogP contribution in [0.15, 0.2) is 60.7 Å². The number of ether oxygens (including phenoxy) is 10. The van der Waals surface area contributed by atoms with Gasteiger partial charge in [0.2, 0.25) is 25.0 Å². The minimum Gasteiger partial charge on any atom is -0.495 e. The van der Waals surface area contributed by atoms with E-state index in [1.807, 2.05) is 15.9 Å². The number of nitro benzene ring substituents is 3. The van der Waals surface area contributed by atoms with Crippen LogP contribution in [0.2, 0.25) is 0 Å². The summed E-state index contributed by atoms with van der Waals surface area (Å²) in [5.74, 6) is 1.02. The minimum absolute atomic E-state index is 0. The van der Waals surface area contributed by atoms with Gasteiger partial charge in [0.1, 0.15) is 40.1 Å². The van der Waals surface area contributed by atoms with Crippen molar-refractivity contribution in [1.82, 2.24) is 0 Å². The van der Waals surface area contributed by atoms with E-state index in [1.165, 1.54) is 66.8 Å². The normalized spacial score (nSPS) is 14.2. The molecule has 5 aromatic rings. The van der Waals surface area contributed by atoms with E-state index in [9.17, 15) is 58.7 Å². The first-order valence-corrected chi connectivity index (χ1v) is 31.9. The van der Waals surface area contributed by atoms with Crippen LogP contribution in [0, 0.1) is 50.0 Å². The Labute approximate surface area is 652 Å². The maximum Gasteiger partial charge on any atom is 0.307 e. The van der Waals surface area contributed by atoms with E-state index in [4.69, 9.17) is 59.8 Å². The second-order valence-corrected chi connectivity index (χ2v) is 21.7. The third kappa shape index (κ3) is 29.5. The molecule has 38 heteroatoms. The molecule has 0 aliphatic carbocycles. The number of carbonyl (C=O) groups is 5. The Kier molecular flexibility index (Phi) is 43.9. The molecular weight excluding hydrogens is 1520 g/mol. The Morgan fingerprint density at radius 3 is 1.12 bits per heavy atom. The molecule has 104 heavy (non-hydrogen) atoms. The number of benzene rings is 5. The predicted octanol–water partition coefficient (Wildman–Crippen LogP) is 7.28. The fourth-order valence-corrected chi connectivity index (χ4v) is 9.93. The number of nitrogens with one attached hydrogen (secondary N) is 4. The molecule has 0 aromatic heterocycles. The summed E-state index contributed by atoms with van der Waals surface area (Å²) in [7, 11) is 7.32. The van der Waals surface area contributed by atoms with E-state index in [-0.39, 0.29) is 118 Å². The zero-order chi connectivity index (χ0) is 75.1. The second-order valence-electron chi connectivity index (χ2n) is 21.7. The molecule has 4 amide bonds. The first-order valence-electron chi connectivity index (χ1n) is 31.9. The van der Waals surface area contributed by atoms with Crippen molar-refractivity contribution in [3.63, 3.8) is 0 Å². The Balaban J connectivity index is 0.000000426. The molecule has 0 saturated carbocycles. The minimum atomic E-state index is -0.962. The van der Waals surface area contributed by atoms with E-state index in [2.05, 4.69) is 49.7 Å². The van der Waals surface area contributed by atoms with Gasteiger partial charge in [-0.15, -0.1) is 12.8 Å². The number of Topliss-reactive ketones (excluding diaryl/α,β-unsaturated/α-hetero) is 1. The number of carbonyl (C=O) groups excluding carboxylic acids is 5. The van der Waals surface area contributed by atoms with Gasteiger partial charge in [-0.1, -0.05) is 0 Å². The number of morpholine rings is 4. The molecule has 0 bridgehead atoms. The van der Waals surface area contributed by atoms with E-state index in [0.29, 0.717) is 162 Å². The van der Waals surface area contributed by atoms with Gasteiger partial charge < -0.3 is 124 Å². The first kappa shape index (κ1) is 91.5. The van der Waals surface area contributed by atoms with E-state index in [0.717, 1.165) is 62.9 Å². The predicted molar refractivity (Wildman–Crippen MR) is 383 cm³/mol. The van der Waals surface area contributed by atoms with Crippen LogP contribution >= 0.6 is 0 Å². The molecular formula is C66H91FN14O21Y2-2. The maximum atomic E-state index is 12.9. The molecule has 5 saturated heterocycles. The molecule has 0 atom stereocenters. The molecule has 5 fully saturated rings. The Bertz CT molecular complexity index is 3540. The first-order chi connectivity index (χ1) is 49.1. The summed E-state index contributed by atoms with van der Waals surface area (Å²) in [4.78, 5) is 92.0. The summed E-state index contributed by atoms with van der Waals surface area (Å²) in [5, 5.41) is 42.9. The van der Waals surface area contributed by atoms with Gasteiger partial charge in [0.05, 0.1) is 160 Å². The van der Waals surface area contributed by atoms with Crippen molar-refractivity contribution < 1.29 is 156 Å². The molecule has 5 aliphatic rings. The number of rotatable bonds is 21. The number of halogens is 1. The van der Waals surface area contributed by atoms with Crippen molar-refractivity contribution >= 4 is 111 Å². The zero-order valence-electron chi connectivity index (χ0n) is 59.2. The summed E-state index contributed by atoms with van der Waals surface area (Å²) in [5.41, 5.74) is 21.9. The van der Waals surface area contributed by atoms with Crippen LogP contribution in [0.1, 0.15) is 39.0 Å². The number of hydrogen-bond donors (Lipinski definition) is 7. The summed E-state index contributed by atoms with van der Waals surface area (Å²) in [6.45, 7) is 20.6. The molecule has 2 radical (unpaired) electrons. The number of nitro groups is 3. The summed E-state index contributed by atoms with van der Waals surface area (Å²) in [6, 6.07) is 14.7. The molecule has 0 spiro atoms. The summed E-state index contributed by atoms with van der Waals surface area (Å²) < 4.78 is 64.6. The van der Waals surface area contributed by atoms with Crippen LogP contribution in [-0.4, -0.2) is 200 Å². The third-order valence-corrected chi connectivity index (χ3v) is 15.2. The average molecular weight is 1610 g/mol. The zero-order valence-corrected chi connectivity index (χ0v) is 64.8. The van der Waals surface area contributed by atoms with Crippen molar-refractivity contribution in [3.8, 4) is 28.7 Å². The quantitative estimate of drug-likeness (QED) is 0.0125. The van der Waals surface area contributed by atoms with Crippen LogP contribution in [0.5, 0.6) is 28.7 Å². The monoisotopic (exact) mass is 1610 g/mol. The molecule has 566 valence electrons. The number of nitrogens with zero attached hydrogens (tertiary/aromatic N) is 7. The van der Waals surface area contributed by atoms with Crippen LogP contribution < -0.4 is 81.8 Å². The number of nitrogens with two attached hydrogens (primary N) is 3. The van der Waals surface area contributed by atoms with Gasteiger partial charge >= 0.3 is 5.69 Å². The number of methoxy groups -OCH3 is 5. The van der Waals surface area contributed by atoms with Gasteiger partial charge in [-0.05, 0) is 38.3 Å². The molecule has 10 rings (SSSR count). The fourth-order valence-electron chi connectivity index (χ4n) is 9.93. The van der Waals surface area contributed by atoms with Gasteiger partial charge in [0.15, 0.2) is 5.91 Å². The summed E-state index contributed by atoms with van der Waals surface area (Å²) in [6.07, 6.45) is 6.10. The van der Waals surface area contributed by atoms with E-state index < -0.39 is 26.3 Å². The Morgan fingerprint density at radius 1 is 0.452 bits per heavy atom. The van der Waals surface area contributed by atoms with Crippen molar-refractivity contribution in [2.75, 3.05) is 212 Å². The average Bonchev–Trinajstić information content (AvgIpc) is 0.795. The smallest absolute Gasteiger partial charge is 0.307 e. The van der Waals surface area contributed by atoms with Crippen LogP contribution in [-0.2, 0) is 113 Å². The SMILES string of the molecule is C1CCOCC1.COc1cc(F)c([N+](=O)[O-])cc1N.COc1cc(N2CCOCC2)c(N)cc1NC=O.COc1cc(N2CCOCC2)c([N+](=O)[O-])cc1N.COc1cc(N2CCOCC2)c([N+](=O)[O-])cc1NC=O.[CH2-]CC(=O)Nc1cc(NC=O)c(OC)cc1N1CCOCC1.[CH2-]CC(C)=O.[Y].[Y]. The van der Waals surface area contributed by atoms with Crippen molar-refractivity contribution in [2.45, 2.75) is 39.0 Å². The van der Waals surface area contributed by atoms with Gasteiger partial charge in [-0.25, -0.2) is 0 Å². The van der Waals surface area contributed by atoms with Crippen molar-refractivity contribution in [1.29, 1.82) is 0 Å². The second kappa shape index (κ2) is 49.9. The van der Waals surface area contributed by atoms with E-state index in [1.54, 1.807) is 37.4 Å². The number of amides is 4. The largest absolute Gasteiger partial charge is 0.495 e. The van der Waals surface area contributed by atoms with Gasteiger partial charge in [-0.3, -0.25) is 49.5 Å². The van der Waals surface area contributed by atoms with Gasteiger partial charge in [0.25, 0.3) is 11.4 Å². The van der Waals surface area contributed by atoms with Crippen molar-refractivity contribution in [3.05, 3.63) is 111 Å². The van der Waals surface area contributed by atoms with Crippen LogP contribution in [0.3, 0.4) is 0 Å². The van der Waals surface area contributed by atoms with Gasteiger partial charge in [0, 0.05) is 180 Å². The van der Waals surface area contributed by atoms with Crippen molar-refractivity contribution in [2.24, 2.45) is 0 Å². The summed E-state index contributed by atoms with van der Waals surface area (Å²) >= 11 is 0. The Morgan fingerprint density at radius 2 is 0.769 bits per heavy atom. The number of hydrogen-bond acceptors (Lipinski definition) is 28. The molecule has 10 N–H and O–H groups in total. The Hall–Kier alpha value is -8.61.